The lowest BCUT2D eigenvalue weighted by Crippen LogP contribution is -2.35. The van der Waals surface area contributed by atoms with Crippen LogP contribution in [0.25, 0.3) is 0 Å². The number of carbonyl (C=O) groups excluding carboxylic acids is 1. The molecule has 0 aromatic heterocycles. The maximum atomic E-state index is 13.3. The molecule has 1 heterocycles. The predicted octanol–water partition coefficient (Wildman–Crippen LogP) is 5.66. The Hall–Kier alpha value is -2.83. The summed E-state index contributed by atoms with van der Waals surface area (Å²) in [4.78, 5) is 13.1. The summed E-state index contributed by atoms with van der Waals surface area (Å²) in [5.74, 6) is -0.213. The Morgan fingerprint density at radius 3 is 2.25 bits per heavy atom. The molecule has 3 aromatic carbocycles. The summed E-state index contributed by atoms with van der Waals surface area (Å²) < 4.78 is 28.0. The minimum Gasteiger partial charge on any atom is -0.322 e. The number of halogens is 1. The van der Waals surface area contributed by atoms with Crippen molar-refractivity contribution in [3.63, 3.8) is 0 Å². The molecule has 0 spiro atoms. The number of aryl methyl sites for hydroxylation is 3. The van der Waals surface area contributed by atoms with Crippen molar-refractivity contribution in [1.29, 1.82) is 0 Å². The summed E-state index contributed by atoms with van der Waals surface area (Å²) in [6.07, 6.45) is 0.534. The Morgan fingerprint density at radius 1 is 1.00 bits per heavy atom. The molecule has 3 aromatic rings. The van der Waals surface area contributed by atoms with E-state index in [0.717, 1.165) is 27.9 Å². The number of benzene rings is 3. The average molecular weight is 469 g/mol. The fraction of sp³-hybridized carbons (Fsp3) is 0.240. The summed E-state index contributed by atoms with van der Waals surface area (Å²) in [5, 5.41) is 3.49. The number of amides is 1. The number of rotatable bonds is 4. The Morgan fingerprint density at radius 2 is 1.62 bits per heavy atom. The van der Waals surface area contributed by atoms with Gasteiger partial charge in [-0.1, -0.05) is 29.3 Å². The smallest absolute Gasteiger partial charge is 0.264 e. The fourth-order valence-electron chi connectivity index (χ4n) is 4.39. The Balaban J connectivity index is 1.64. The van der Waals surface area contributed by atoms with Crippen molar-refractivity contribution in [3.8, 4) is 0 Å². The van der Waals surface area contributed by atoms with Gasteiger partial charge in [0.1, 0.15) is 0 Å². The molecule has 166 valence electrons. The van der Waals surface area contributed by atoms with Gasteiger partial charge in [0.2, 0.25) is 0 Å². The van der Waals surface area contributed by atoms with Gasteiger partial charge in [0.15, 0.2) is 0 Å². The van der Waals surface area contributed by atoms with Gasteiger partial charge in [0, 0.05) is 22.3 Å². The first-order valence-corrected chi connectivity index (χ1v) is 12.2. The van der Waals surface area contributed by atoms with Crippen LogP contribution in [0.1, 0.15) is 39.5 Å². The van der Waals surface area contributed by atoms with Crippen LogP contribution < -0.4 is 9.62 Å². The molecule has 0 bridgehead atoms. The summed E-state index contributed by atoms with van der Waals surface area (Å²) in [6.45, 7) is 7.84. The SMILES string of the molecule is Cc1cc(C)c(NC(=O)c2ccc3c(c2)C[C@H](C)N3S(=O)(=O)c2ccc(Cl)cc2)c(C)c1. The highest BCUT2D eigenvalue weighted by atomic mass is 35.5. The minimum atomic E-state index is -3.74. The van der Waals surface area contributed by atoms with Crippen LogP contribution in [0.15, 0.2) is 59.5 Å². The lowest BCUT2D eigenvalue weighted by Gasteiger charge is -2.24. The van der Waals surface area contributed by atoms with E-state index in [-0.39, 0.29) is 16.8 Å². The average Bonchev–Trinajstić information content (AvgIpc) is 3.06. The molecule has 0 unspecified atom stereocenters. The molecule has 0 saturated heterocycles. The minimum absolute atomic E-state index is 0.189. The molecular weight excluding hydrogens is 444 g/mol. The predicted molar refractivity (Wildman–Crippen MR) is 129 cm³/mol. The van der Waals surface area contributed by atoms with Crippen LogP contribution in [0.4, 0.5) is 11.4 Å². The van der Waals surface area contributed by atoms with E-state index in [4.69, 9.17) is 11.6 Å². The second kappa shape index (κ2) is 8.26. The van der Waals surface area contributed by atoms with Crippen molar-refractivity contribution < 1.29 is 13.2 Å². The standard InChI is InChI=1S/C25H25ClN2O3S/c1-15-11-16(2)24(17(3)12-15)27-25(29)19-5-10-23-20(14-19)13-18(4)28(23)32(30,31)22-8-6-21(26)7-9-22/h5-12,14,18H,13H2,1-4H3,(H,27,29)/t18-/m0/s1. The van der Waals surface area contributed by atoms with Crippen molar-refractivity contribution in [2.75, 3.05) is 9.62 Å². The summed E-state index contributed by atoms with van der Waals surface area (Å²) >= 11 is 5.92. The maximum Gasteiger partial charge on any atom is 0.264 e. The molecule has 5 nitrogen and oxygen atoms in total. The number of hydrogen-bond acceptors (Lipinski definition) is 3. The number of hydrogen-bond donors (Lipinski definition) is 1. The number of sulfonamides is 1. The first-order chi connectivity index (χ1) is 15.1. The maximum absolute atomic E-state index is 13.3. The van der Waals surface area contributed by atoms with Crippen molar-refractivity contribution in [2.45, 2.75) is 45.1 Å². The van der Waals surface area contributed by atoms with E-state index >= 15 is 0 Å². The van der Waals surface area contributed by atoms with E-state index in [1.165, 1.54) is 16.4 Å². The first kappa shape index (κ1) is 22.4. The third-order valence-corrected chi connectivity index (χ3v) is 7.98. The Bertz CT molecular complexity index is 1290. The summed E-state index contributed by atoms with van der Waals surface area (Å²) in [7, 11) is -3.74. The van der Waals surface area contributed by atoms with E-state index in [2.05, 4.69) is 5.32 Å². The molecule has 0 fully saturated rings. The van der Waals surface area contributed by atoms with Gasteiger partial charge in [-0.05, 0) is 93.3 Å². The van der Waals surface area contributed by atoms with Crippen molar-refractivity contribution >= 4 is 38.9 Å². The molecule has 1 aliphatic rings. The topological polar surface area (TPSA) is 66.5 Å². The zero-order chi connectivity index (χ0) is 23.2. The highest BCUT2D eigenvalue weighted by molar-refractivity contribution is 7.92. The van der Waals surface area contributed by atoms with Crippen LogP contribution in [0.3, 0.4) is 0 Å². The molecular formula is C25H25ClN2O3S. The lowest BCUT2D eigenvalue weighted by molar-refractivity contribution is 0.102. The van der Waals surface area contributed by atoms with E-state index in [9.17, 15) is 13.2 Å². The van der Waals surface area contributed by atoms with Crippen LogP contribution in [0.5, 0.6) is 0 Å². The van der Waals surface area contributed by atoms with Gasteiger partial charge in [-0.25, -0.2) is 8.42 Å². The molecule has 1 N–H and O–H groups in total. The fourth-order valence-corrected chi connectivity index (χ4v) is 6.21. The molecule has 32 heavy (non-hydrogen) atoms. The highest BCUT2D eigenvalue weighted by Crippen LogP contribution is 2.37. The number of anilines is 2. The van der Waals surface area contributed by atoms with Gasteiger partial charge >= 0.3 is 0 Å². The number of nitrogens with one attached hydrogen (secondary N) is 1. The number of carbonyl (C=O) groups is 1. The Labute approximate surface area is 194 Å². The molecule has 1 amide bonds. The van der Waals surface area contributed by atoms with Gasteiger partial charge < -0.3 is 5.32 Å². The van der Waals surface area contributed by atoms with Crippen molar-refractivity contribution in [1.82, 2.24) is 0 Å². The molecule has 0 radical (unpaired) electrons. The second-order valence-electron chi connectivity index (χ2n) is 8.38. The quantitative estimate of drug-likeness (QED) is 0.537. The molecule has 0 saturated carbocycles. The van der Waals surface area contributed by atoms with Crippen LogP contribution in [-0.4, -0.2) is 20.4 Å². The van der Waals surface area contributed by atoms with Gasteiger partial charge in [-0.3, -0.25) is 9.10 Å². The van der Waals surface area contributed by atoms with Gasteiger partial charge in [0.05, 0.1) is 10.6 Å². The molecule has 4 rings (SSSR count). The van der Waals surface area contributed by atoms with Crippen LogP contribution in [-0.2, 0) is 16.4 Å². The van der Waals surface area contributed by atoms with Crippen LogP contribution in [0, 0.1) is 20.8 Å². The highest BCUT2D eigenvalue weighted by Gasteiger charge is 2.36. The lowest BCUT2D eigenvalue weighted by atomic mass is 10.0. The zero-order valence-corrected chi connectivity index (χ0v) is 20.0. The van der Waals surface area contributed by atoms with Gasteiger partial charge in [0.25, 0.3) is 15.9 Å². The largest absolute Gasteiger partial charge is 0.322 e. The van der Waals surface area contributed by atoms with E-state index in [0.29, 0.717) is 22.7 Å². The zero-order valence-electron chi connectivity index (χ0n) is 18.4. The number of fused-ring (bicyclic) bond motifs is 1. The van der Waals surface area contributed by atoms with Crippen molar-refractivity contribution in [3.05, 3.63) is 87.4 Å². The molecule has 1 atom stereocenters. The van der Waals surface area contributed by atoms with Crippen LogP contribution >= 0.6 is 11.6 Å². The van der Waals surface area contributed by atoms with Crippen LogP contribution in [0.2, 0.25) is 5.02 Å². The molecule has 1 aliphatic heterocycles. The van der Waals surface area contributed by atoms with Gasteiger partial charge in [-0.15, -0.1) is 0 Å². The summed E-state index contributed by atoms with van der Waals surface area (Å²) in [6, 6.07) is 15.1. The first-order valence-electron chi connectivity index (χ1n) is 10.4. The van der Waals surface area contributed by atoms with E-state index < -0.39 is 10.0 Å². The van der Waals surface area contributed by atoms with Gasteiger partial charge in [-0.2, -0.15) is 0 Å². The molecule has 7 heteroatoms. The molecule has 0 aliphatic carbocycles. The third-order valence-electron chi connectivity index (χ3n) is 5.78. The third kappa shape index (κ3) is 4.00. The normalized spacial score (nSPS) is 15.5. The summed E-state index contributed by atoms with van der Waals surface area (Å²) in [5.41, 5.74) is 5.90. The van der Waals surface area contributed by atoms with Crippen molar-refractivity contribution in [2.24, 2.45) is 0 Å². The monoisotopic (exact) mass is 468 g/mol. The number of nitrogens with zero attached hydrogens (tertiary/aromatic N) is 1. The van der Waals surface area contributed by atoms with E-state index in [1.54, 1.807) is 30.3 Å². The van der Waals surface area contributed by atoms with E-state index in [1.807, 2.05) is 39.8 Å². The Kier molecular flexibility index (Phi) is 5.77. The second-order valence-corrected chi connectivity index (χ2v) is 10.6.